The summed E-state index contributed by atoms with van der Waals surface area (Å²) in [5.74, 6) is 2.34. The topological polar surface area (TPSA) is 30.9 Å². The fraction of sp³-hybridized carbons (Fsp3) is 0.933. The lowest BCUT2D eigenvalue weighted by Crippen LogP contribution is -2.43. The van der Waals surface area contributed by atoms with E-state index in [9.17, 15) is 0 Å². The molecule has 1 rings (SSSR count). The van der Waals surface area contributed by atoms with Gasteiger partial charge in [0.15, 0.2) is 5.96 Å². The lowest BCUT2D eigenvalue weighted by molar-refractivity contribution is 0.223. The second-order valence-corrected chi connectivity index (χ2v) is 6.27. The van der Waals surface area contributed by atoms with Crippen molar-refractivity contribution in [1.29, 1.82) is 0 Å². The van der Waals surface area contributed by atoms with Crippen molar-refractivity contribution < 1.29 is 0 Å². The molecule has 0 aromatic rings. The molecule has 0 bridgehead atoms. The third-order valence-electron chi connectivity index (χ3n) is 4.06. The number of hydrogen-bond acceptors (Lipinski definition) is 3. The average molecular weight is 428 g/mol. The summed E-state index contributed by atoms with van der Waals surface area (Å²) < 4.78 is 0. The number of likely N-dealkylation sites (tertiary alicyclic amines) is 1. The van der Waals surface area contributed by atoms with Gasteiger partial charge in [0.2, 0.25) is 0 Å². The van der Waals surface area contributed by atoms with Gasteiger partial charge in [-0.1, -0.05) is 13.8 Å². The smallest absolute Gasteiger partial charge is 0.193 e. The van der Waals surface area contributed by atoms with Crippen LogP contribution in [-0.4, -0.2) is 73.6 Å². The Balaban J connectivity index is 0.00000400. The summed E-state index contributed by atoms with van der Waals surface area (Å²) in [4.78, 5) is 9.42. The number of unbranched alkanes of at least 4 members (excludes halogenated alkanes) is 1. The summed E-state index contributed by atoms with van der Waals surface area (Å²) in [6.45, 7) is 10.1. The van der Waals surface area contributed by atoms with Gasteiger partial charge in [0.1, 0.15) is 0 Å². The number of thioether (sulfide) groups is 1. The summed E-state index contributed by atoms with van der Waals surface area (Å²) in [5.41, 5.74) is 0. The predicted octanol–water partition coefficient (Wildman–Crippen LogP) is 2.74. The molecule has 21 heavy (non-hydrogen) atoms. The van der Waals surface area contributed by atoms with Crippen LogP contribution in [0.2, 0.25) is 0 Å². The molecule has 1 saturated heterocycles. The van der Waals surface area contributed by atoms with Crippen LogP contribution >= 0.6 is 35.7 Å². The van der Waals surface area contributed by atoms with Crippen molar-refractivity contribution in [2.75, 3.05) is 51.8 Å². The van der Waals surface area contributed by atoms with Crippen LogP contribution in [0.15, 0.2) is 4.99 Å². The molecule has 0 saturated carbocycles. The number of rotatable bonds is 8. The molecular formula is C15H33IN4S. The van der Waals surface area contributed by atoms with E-state index >= 15 is 0 Å². The Morgan fingerprint density at radius 3 is 2.62 bits per heavy atom. The minimum Gasteiger partial charge on any atom is -0.356 e. The van der Waals surface area contributed by atoms with E-state index in [2.05, 4.69) is 40.2 Å². The van der Waals surface area contributed by atoms with Crippen LogP contribution < -0.4 is 5.32 Å². The first-order valence-corrected chi connectivity index (χ1v) is 9.34. The Morgan fingerprint density at radius 2 is 2.05 bits per heavy atom. The monoisotopic (exact) mass is 428 g/mol. The van der Waals surface area contributed by atoms with E-state index < -0.39 is 0 Å². The molecule has 1 aliphatic rings. The molecule has 0 spiro atoms. The molecule has 1 heterocycles. The Labute approximate surface area is 152 Å². The lowest BCUT2D eigenvalue weighted by Gasteiger charge is -2.27. The highest BCUT2D eigenvalue weighted by atomic mass is 127. The molecule has 126 valence electrons. The standard InChI is InChI=1S/C15H32N4S.HI/c1-5-18(6-2)14-9-11-19(13-14)15(16-3)17-10-7-8-12-20-4;/h14H,5-13H2,1-4H3,(H,16,17);1H. The number of nitrogens with zero attached hydrogens (tertiary/aromatic N) is 3. The van der Waals surface area contributed by atoms with Crippen molar-refractivity contribution >= 4 is 41.7 Å². The molecular weight excluding hydrogens is 395 g/mol. The Kier molecular flexibility index (Phi) is 13.0. The molecule has 1 fully saturated rings. The zero-order valence-corrected chi connectivity index (χ0v) is 17.2. The second kappa shape index (κ2) is 12.8. The van der Waals surface area contributed by atoms with E-state index in [0.29, 0.717) is 6.04 Å². The highest BCUT2D eigenvalue weighted by molar-refractivity contribution is 14.0. The summed E-state index contributed by atoms with van der Waals surface area (Å²) in [6, 6.07) is 0.694. The van der Waals surface area contributed by atoms with Crippen molar-refractivity contribution in [3.8, 4) is 0 Å². The molecule has 0 aromatic heterocycles. The Bertz CT molecular complexity index is 285. The minimum absolute atomic E-state index is 0. The van der Waals surface area contributed by atoms with Crippen LogP contribution in [0.4, 0.5) is 0 Å². The van der Waals surface area contributed by atoms with E-state index in [-0.39, 0.29) is 24.0 Å². The molecule has 0 aliphatic carbocycles. The van der Waals surface area contributed by atoms with Gasteiger partial charge in [-0.25, -0.2) is 0 Å². The van der Waals surface area contributed by atoms with Gasteiger partial charge in [-0.2, -0.15) is 11.8 Å². The largest absolute Gasteiger partial charge is 0.356 e. The molecule has 0 amide bonds. The summed E-state index contributed by atoms with van der Waals surface area (Å²) >= 11 is 1.93. The zero-order valence-electron chi connectivity index (χ0n) is 14.1. The van der Waals surface area contributed by atoms with Gasteiger partial charge in [-0.05, 0) is 44.4 Å². The molecule has 6 heteroatoms. The van der Waals surface area contributed by atoms with E-state index in [1.807, 2.05) is 18.8 Å². The first-order valence-electron chi connectivity index (χ1n) is 7.95. The second-order valence-electron chi connectivity index (χ2n) is 5.28. The van der Waals surface area contributed by atoms with Gasteiger partial charge in [-0.3, -0.25) is 9.89 Å². The maximum absolute atomic E-state index is 4.44. The average Bonchev–Trinajstić information content (AvgIpc) is 2.94. The highest BCUT2D eigenvalue weighted by Crippen LogP contribution is 2.15. The number of nitrogens with one attached hydrogen (secondary N) is 1. The molecule has 0 aromatic carbocycles. The van der Waals surface area contributed by atoms with Crippen LogP contribution in [0.1, 0.15) is 33.1 Å². The number of aliphatic imine (C=N–C) groups is 1. The van der Waals surface area contributed by atoms with Crippen LogP contribution in [0, 0.1) is 0 Å². The van der Waals surface area contributed by atoms with Gasteiger partial charge in [0.25, 0.3) is 0 Å². The summed E-state index contributed by atoms with van der Waals surface area (Å²) in [6.07, 6.45) is 5.94. The molecule has 1 atom stereocenters. The first-order chi connectivity index (χ1) is 9.76. The minimum atomic E-state index is 0. The first kappa shape index (κ1) is 21.3. The number of likely N-dealkylation sites (N-methyl/N-ethyl adjacent to an activating group) is 1. The van der Waals surface area contributed by atoms with E-state index in [1.165, 1.54) is 25.0 Å². The third-order valence-corrected chi connectivity index (χ3v) is 4.76. The fourth-order valence-corrected chi connectivity index (χ4v) is 3.37. The molecule has 4 nitrogen and oxygen atoms in total. The van der Waals surface area contributed by atoms with Gasteiger partial charge in [-0.15, -0.1) is 24.0 Å². The zero-order chi connectivity index (χ0) is 14.8. The van der Waals surface area contributed by atoms with Crippen molar-refractivity contribution in [1.82, 2.24) is 15.1 Å². The van der Waals surface area contributed by atoms with Crippen molar-refractivity contribution in [2.45, 2.75) is 39.2 Å². The fourth-order valence-electron chi connectivity index (χ4n) is 2.88. The van der Waals surface area contributed by atoms with Gasteiger partial charge < -0.3 is 10.2 Å². The normalized spacial score (nSPS) is 19.0. The third kappa shape index (κ3) is 7.41. The van der Waals surface area contributed by atoms with E-state index in [4.69, 9.17) is 0 Å². The quantitative estimate of drug-likeness (QED) is 0.279. The number of halogens is 1. The van der Waals surface area contributed by atoms with Crippen molar-refractivity contribution in [2.24, 2.45) is 4.99 Å². The van der Waals surface area contributed by atoms with E-state index in [0.717, 1.165) is 38.7 Å². The SMILES string of the molecule is CCN(CC)C1CCN(C(=NC)NCCCCSC)C1.I. The van der Waals surface area contributed by atoms with Crippen LogP contribution in [0.25, 0.3) is 0 Å². The van der Waals surface area contributed by atoms with Gasteiger partial charge in [0.05, 0.1) is 0 Å². The lowest BCUT2D eigenvalue weighted by atomic mass is 10.2. The van der Waals surface area contributed by atoms with Crippen molar-refractivity contribution in [3.63, 3.8) is 0 Å². The molecule has 1 N–H and O–H groups in total. The van der Waals surface area contributed by atoms with E-state index in [1.54, 1.807) is 0 Å². The molecule has 1 unspecified atom stereocenters. The van der Waals surface area contributed by atoms with Crippen LogP contribution in [-0.2, 0) is 0 Å². The maximum Gasteiger partial charge on any atom is 0.193 e. The van der Waals surface area contributed by atoms with Crippen LogP contribution in [0.3, 0.4) is 0 Å². The summed E-state index contributed by atoms with van der Waals surface area (Å²) in [5, 5.41) is 3.51. The Morgan fingerprint density at radius 1 is 1.33 bits per heavy atom. The number of hydrogen-bond donors (Lipinski definition) is 1. The Hall–Kier alpha value is 0.310. The predicted molar refractivity (Wildman–Crippen MR) is 107 cm³/mol. The summed E-state index contributed by atoms with van der Waals surface area (Å²) in [7, 11) is 1.90. The molecule has 0 radical (unpaired) electrons. The van der Waals surface area contributed by atoms with Gasteiger partial charge >= 0.3 is 0 Å². The van der Waals surface area contributed by atoms with Gasteiger partial charge in [0, 0.05) is 32.7 Å². The highest BCUT2D eigenvalue weighted by Gasteiger charge is 2.27. The maximum atomic E-state index is 4.44. The van der Waals surface area contributed by atoms with Crippen molar-refractivity contribution in [3.05, 3.63) is 0 Å². The molecule has 1 aliphatic heterocycles. The van der Waals surface area contributed by atoms with Crippen LogP contribution in [0.5, 0.6) is 0 Å². The number of guanidine groups is 1.